The van der Waals surface area contributed by atoms with E-state index < -0.39 is 23.1 Å². The number of hydrogen-bond acceptors (Lipinski definition) is 3. The minimum absolute atomic E-state index is 0.160. The van der Waals surface area contributed by atoms with E-state index in [0.29, 0.717) is 11.3 Å². The SMILES string of the molecule is NC(=O)c1c[nH]c2oc(Cc3ccc(C(F)(F)F)cc3)cc2c1=O. The molecule has 2 heterocycles. The van der Waals surface area contributed by atoms with Crippen molar-refractivity contribution in [1.29, 1.82) is 0 Å². The normalized spacial score (nSPS) is 11.8. The Morgan fingerprint density at radius 3 is 2.46 bits per heavy atom. The quantitative estimate of drug-likeness (QED) is 0.771. The summed E-state index contributed by atoms with van der Waals surface area (Å²) >= 11 is 0. The molecule has 24 heavy (non-hydrogen) atoms. The number of nitrogens with one attached hydrogen (secondary N) is 1. The number of carbonyl (C=O) groups is 1. The van der Waals surface area contributed by atoms with Crippen molar-refractivity contribution < 1.29 is 22.4 Å². The van der Waals surface area contributed by atoms with Crippen LogP contribution in [0.1, 0.15) is 27.2 Å². The van der Waals surface area contributed by atoms with Crippen molar-refractivity contribution >= 4 is 17.0 Å². The van der Waals surface area contributed by atoms with Gasteiger partial charge < -0.3 is 15.1 Å². The van der Waals surface area contributed by atoms with E-state index in [1.807, 2.05) is 0 Å². The molecule has 0 saturated heterocycles. The predicted molar refractivity (Wildman–Crippen MR) is 79.6 cm³/mol. The highest BCUT2D eigenvalue weighted by Crippen LogP contribution is 2.29. The van der Waals surface area contributed by atoms with Gasteiger partial charge in [-0.05, 0) is 23.8 Å². The van der Waals surface area contributed by atoms with Gasteiger partial charge in [-0.15, -0.1) is 0 Å². The molecule has 0 aliphatic carbocycles. The third-order valence-electron chi connectivity index (χ3n) is 3.55. The average Bonchev–Trinajstić information content (AvgIpc) is 2.90. The number of amides is 1. The van der Waals surface area contributed by atoms with Gasteiger partial charge in [-0.3, -0.25) is 9.59 Å². The minimum atomic E-state index is -4.39. The van der Waals surface area contributed by atoms with Crippen LogP contribution in [0.3, 0.4) is 0 Å². The van der Waals surface area contributed by atoms with Gasteiger partial charge in [0.15, 0.2) is 0 Å². The summed E-state index contributed by atoms with van der Waals surface area (Å²) < 4.78 is 43.1. The molecule has 5 nitrogen and oxygen atoms in total. The second-order valence-corrected chi connectivity index (χ2v) is 5.22. The number of furan rings is 1. The lowest BCUT2D eigenvalue weighted by molar-refractivity contribution is -0.137. The van der Waals surface area contributed by atoms with Crippen LogP contribution >= 0.6 is 0 Å². The summed E-state index contributed by atoms with van der Waals surface area (Å²) in [5, 5.41) is 0.160. The van der Waals surface area contributed by atoms with E-state index in [4.69, 9.17) is 10.2 Å². The van der Waals surface area contributed by atoms with Gasteiger partial charge in [0.1, 0.15) is 11.3 Å². The maximum Gasteiger partial charge on any atom is 0.416 e. The van der Waals surface area contributed by atoms with Crippen LogP contribution in [0.5, 0.6) is 0 Å². The van der Waals surface area contributed by atoms with Crippen LogP contribution in [0.25, 0.3) is 11.1 Å². The molecule has 0 atom stereocenters. The Morgan fingerprint density at radius 2 is 1.88 bits per heavy atom. The van der Waals surface area contributed by atoms with Gasteiger partial charge in [0.05, 0.1) is 10.9 Å². The zero-order valence-corrected chi connectivity index (χ0v) is 12.1. The average molecular weight is 336 g/mol. The molecule has 8 heteroatoms. The largest absolute Gasteiger partial charge is 0.444 e. The lowest BCUT2D eigenvalue weighted by Gasteiger charge is -2.06. The Balaban J connectivity index is 1.92. The number of pyridine rings is 1. The summed E-state index contributed by atoms with van der Waals surface area (Å²) in [5.74, 6) is -0.483. The third kappa shape index (κ3) is 2.90. The number of hydrogen-bond donors (Lipinski definition) is 2. The zero-order chi connectivity index (χ0) is 17.5. The van der Waals surface area contributed by atoms with Gasteiger partial charge in [-0.1, -0.05) is 12.1 Å². The molecule has 0 bridgehead atoms. The molecule has 3 rings (SSSR count). The van der Waals surface area contributed by atoms with Gasteiger partial charge in [-0.2, -0.15) is 13.2 Å². The van der Waals surface area contributed by atoms with Crippen molar-refractivity contribution in [3.05, 3.63) is 69.2 Å². The number of aromatic amines is 1. The van der Waals surface area contributed by atoms with Crippen LogP contribution < -0.4 is 11.2 Å². The Labute approximate surface area is 132 Å². The Hall–Kier alpha value is -3.03. The number of rotatable bonds is 3. The molecule has 0 aliphatic heterocycles. The second kappa shape index (κ2) is 5.55. The molecule has 0 unspecified atom stereocenters. The summed E-state index contributed by atoms with van der Waals surface area (Å²) in [6.45, 7) is 0. The molecule has 3 aromatic rings. The van der Waals surface area contributed by atoms with Gasteiger partial charge in [0.2, 0.25) is 11.1 Å². The van der Waals surface area contributed by atoms with Crippen molar-refractivity contribution in [3.8, 4) is 0 Å². The number of halogens is 3. The molecule has 2 aromatic heterocycles. The topological polar surface area (TPSA) is 89.1 Å². The zero-order valence-electron chi connectivity index (χ0n) is 12.1. The van der Waals surface area contributed by atoms with Crippen LogP contribution in [0, 0.1) is 0 Å². The van der Waals surface area contributed by atoms with Crippen LogP contribution in [0.4, 0.5) is 13.2 Å². The van der Waals surface area contributed by atoms with Gasteiger partial charge in [0.25, 0.3) is 5.91 Å². The van der Waals surface area contributed by atoms with E-state index in [9.17, 15) is 22.8 Å². The fourth-order valence-corrected chi connectivity index (χ4v) is 2.35. The Bertz CT molecular complexity index is 969. The molecule has 0 radical (unpaired) electrons. The highest BCUT2D eigenvalue weighted by molar-refractivity contribution is 5.95. The van der Waals surface area contributed by atoms with Crippen molar-refractivity contribution in [2.24, 2.45) is 5.73 Å². The molecule has 3 N–H and O–H groups in total. The molecule has 0 saturated carbocycles. The maximum atomic E-state index is 12.5. The van der Waals surface area contributed by atoms with Crippen molar-refractivity contribution in [1.82, 2.24) is 4.98 Å². The van der Waals surface area contributed by atoms with E-state index in [1.165, 1.54) is 24.4 Å². The summed E-state index contributed by atoms with van der Waals surface area (Å²) in [6.07, 6.45) is -3.03. The van der Waals surface area contributed by atoms with E-state index in [2.05, 4.69) is 4.98 Å². The smallest absolute Gasteiger partial charge is 0.416 e. The molecule has 0 spiro atoms. The summed E-state index contributed by atoms with van der Waals surface area (Å²) in [4.78, 5) is 25.9. The number of H-pyrrole nitrogens is 1. The molecule has 0 fully saturated rings. The fourth-order valence-electron chi connectivity index (χ4n) is 2.35. The number of carbonyl (C=O) groups excluding carboxylic acids is 1. The minimum Gasteiger partial charge on any atom is -0.444 e. The van der Waals surface area contributed by atoms with E-state index in [0.717, 1.165) is 12.1 Å². The van der Waals surface area contributed by atoms with Crippen LogP contribution in [0.2, 0.25) is 0 Å². The molecule has 0 aliphatic rings. The first kappa shape index (κ1) is 15.9. The molecular formula is C16H11F3N2O3. The Morgan fingerprint density at radius 1 is 1.21 bits per heavy atom. The van der Waals surface area contributed by atoms with Gasteiger partial charge in [0, 0.05) is 12.6 Å². The number of benzene rings is 1. The first-order valence-electron chi connectivity index (χ1n) is 6.86. The lowest BCUT2D eigenvalue weighted by atomic mass is 10.1. The number of nitrogens with two attached hydrogens (primary N) is 1. The maximum absolute atomic E-state index is 12.5. The number of fused-ring (bicyclic) bond motifs is 1. The van der Waals surface area contributed by atoms with E-state index in [1.54, 1.807) is 0 Å². The van der Waals surface area contributed by atoms with Crippen LogP contribution in [0.15, 0.2) is 45.7 Å². The monoisotopic (exact) mass is 336 g/mol. The summed E-state index contributed by atoms with van der Waals surface area (Å²) in [6, 6.07) is 6.08. The van der Waals surface area contributed by atoms with Crippen LogP contribution in [-0.4, -0.2) is 10.9 Å². The van der Waals surface area contributed by atoms with Crippen LogP contribution in [-0.2, 0) is 12.6 Å². The van der Waals surface area contributed by atoms with Crippen molar-refractivity contribution in [2.75, 3.05) is 0 Å². The fraction of sp³-hybridized carbons (Fsp3) is 0.125. The van der Waals surface area contributed by atoms with Crippen molar-refractivity contribution in [3.63, 3.8) is 0 Å². The first-order chi connectivity index (χ1) is 11.3. The standard InChI is InChI=1S/C16H11F3N2O3/c17-16(18,19)9-3-1-8(2-4-9)5-10-6-11-13(22)12(14(20)23)7-21-15(11)24-10/h1-4,6-7H,5H2,(H2,20,23)(H,21,22). The summed E-state index contributed by atoms with van der Waals surface area (Å²) in [7, 11) is 0. The van der Waals surface area contributed by atoms with Gasteiger partial charge in [-0.25, -0.2) is 0 Å². The van der Waals surface area contributed by atoms with E-state index >= 15 is 0 Å². The number of alkyl halides is 3. The molecular weight excluding hydrogens is 325 g/mol. The number of primary amides is 1. The van der Waals surface area contributed by atoms with E-state index in [-0.39, 0.29) is 23.1 Å². The van der Waals surface area contributed by atoms with Gasteiger partial charge >= 0.3 is 6.18 Å². The predicted octanol–water partition coefficient (Wildman–Crippen LogP) is 2.83. The second-order valence-electron chi connectivity index (χ2n) is 5.22. The first-order valence-corrected chi connectivity index (χ1v) is 6.86. The third-order valence-corrected chi connectivity index (χ3v) is 3.55. The Kier molecular flexibility index (Phi) is 3.67. The lowest BCUT2D eigenvalue weighted by Crippen LogP contribution is -2.21. The molecule has 1 amide bonds. The van der Waals surface area contributed by atoms with Crippen molar-refractivity contribution in [2.45, 2.75) is 12.6 Å². The summed E-state index contributed by atoms with van der Waals surface area (Å²) in [5.41, 5.74) is 4.38. The molecule has 1 aromatic carbocycles. The molecule has 124 valence electrons. The number of aromatic nitrogens is 1. The highest BCUT2D eigenvalue weighted by atomic mass is 19.4. The highest BCUT2D eigenvalue weighted by Gasteiger charge is 2.29.